The molecule has 4 atom stereocenters. The van der Waals surface area contributed by atoms with Gasteiger partial charge in [-0.05, 0) is 32.7 Å². The maximum Gasteiger partial charge on any atom is 0.230 e. The lowest BCUT2D eigenvalue weighted by molar-refractivity contribution is 0.334. The first-order valence-corrected chi connectivity index (χ1v) is 7.11. The lowest BCUT2D eigenvalue weighted by atomic mass is 10.0. The van der Waals surface area contributed by atoms with Crippen LogP contribution in [0.4, 0.5) is 0 Å². The molecule has 16 heavy (non-hydrogen) atoms. The molecule has 0 radical (unpaired) electrons. The van der Waals surface area contributed by atoms with Crippen LogP contribution in [0.2, 0.25) is 0 Å². The summed E-state index contributed by atoms with van der Waals surface area (Å²) in [5.74, 6) is 0.413. The monoisotopic (exact) mass is 243 g/mol. The summed E-state index contributed by atoms with van der Waals surface area (Å²) in [6.45, 7) is 4.99. The maximum absolute atomic E-state index is 12.2. The van der Waals surface area contributed by atoms with Crippen molar-refractivity contribution in [3.8, 4) is 6.07 Å². The second kappa shape index (κ2) is 3.99. The number of hydrogen-bond donors (Lipinski definition) is 1. The van der Waals surface area contributed by atoms with E-state index in [1.165, 1.54) is 6.92 Å². The van der Waals surface area contributed by atoms with Gasteiger partial charge < -0.3 is 5.32 Å². The fourth-order valence-corrected chi connectivity index (χ4v) is 4.53. The largest absolute Gasteiger partial charge is 0.315 e. The van der Waals surface area contributed by atoms with Crippen molar-refractivity contribution < 1.29 is 8.42 Å². The number of sulfonamides is 1. The van der Waals surface area contributed by atoms with Gasteiger partial charge in [-0.2, -0.15) is 9.57 Å². The van der Waals surface area contributed by atoms with Gasteiger partial charge in [-0.15, -0.1) is 0 Å². The van der Waals surface area contributed by atoms with Crippen molar-refractivity contribution in [3.63, 3.8) is 0 Å². The van der Waals surface area contributed by atoms with Crippen molar-refractivity contribution in [1.82, 2.24) is 9.62 Å². The van der Waals surface area contributed by atoms with E-state index in [1.54, 1.807) is 4.31 Å². The molecule has 0 aromatic heterocycles. The maximum atomic E-state index is 12.2. The second-order valence-corrected chi connectivity index (χ2v) is 6.88. The van der Waals surface area contributed by atoms with Crippen LogP contribution in [-0.4, -0.2) is 43.1 Å². The Morgan fingerprint density at radius 2 is 2.19 bits per heavy atom. The van der Waals surface area contributed by atoms with E-state index in [0.29, 0.717) is 12.5 Å². The molecule has 2 fully saturated rings. The number of nitrogens with one attached hydrogen (secondary N) is 1. The normalized spacial score (nSPS) is 36.9. The number of nitrogens with zero attached hydrogens (tertiary/aromatic N) is 2. The summed E-state index contributed by atoms with van der Waals surface area (Å²) < 4.78 is 25.9. The molecule has 0 aromatic rings. The van der Waals surface area contributed by atoms with Gasteiger partial charge >= 0.3 is 0 Å². The van der Waals surface area contributed by atoms with Crippen molar-refractivity contribution in [2.45, 2.75) is 37.6 Å². The summed E-state index contributed by atoms with van der Waals surface area (Å²) in [4.78, 5) is 0. The van der Waals surface area contributed by atoms with Crippen LogP contribution in [0.5, 0.6) is 0 Å². The summed E-state index contributed by atoms with van der Waals surface area (Å²) in [7, 11) is -3.46. The van der Waals surface area contributed by atoms with E-state index in [2.05, 4.69) is 5.32 Å². The predicted octanol–water partition coefficient (Wildman–Crippen LogP) is -0.0895. The quantitative estimate of drug-likeness (QED) is 0.735. The fourth-order valence-electron chi connectivity index (χ4n) is 2.82. The molecule has 0 amide bonds. The van der Waals surface area contributed by atoms with Gasteiger partial charge in [0.1, 0.15) is 0 Å². The predicted molar refractivity (Wildman–Crippen MR) is 60.1 cm³/mol. The first-order chi connectivity index (χ1) is 7.48. The summed E-state index contributed by atoms with van der Waals surface area (Å²) in [6, 6.07) is 1.91. The van der Waals surface area contributed by atoms with E-state index < -0.39 is 15.3 Å². The van der Waals surface area contributed by atoms with Crippen LogP contribution in [0, 0.1) is 17.2 Å². The highest BCUT2D eigenvalue weighted by atomic mass is 32.2. The Balaban J connectivity index is 2.30. The number of hydrogen-bond acceptors (Lipinski definition) is 4. The molecule has 2 aliphatic heterocycles. The van der Waals surface area contributed by atoms with Crippen molar-refractivity contribution in [2.75, 3.05) is 13.1 Å². The molecule has 2 aliphatic rings. The third kappa shape index (κ3) is 1.63. The van der Waals surface area contributed by atoms with Crippen molar-refractivity contribution in [2.24, 2.45) is 5.92 Å². The lowest BCUT2D eigenvalue weighted by Gasteiger charge is -2.27. The van der Waals surface area contributed by atoms with Crippen LogP contribution in [-0.2, 0) is 10.0 Å². The third-order valence-corrected chi connectivity index (χ3v) is 5.85. The van der Waals surface area contributed by atoms with Gasteiger partial charge in [-0.1, -0.05) is 0 Å². The SMILES string of the molecule is CC1CC2CNCC2N1S(=O)(=O)C(C)C#N. The molecular weight excluding hydrogens is 226 g/mol. The highest BCUT2D eigenvalue weighted by Gasteiger charge is 2.48. The summed E-state index contributed by atoms with van der Waals surface area (Å²) in [5, 5.41) is 11.1. The molecule has 90 valence electrons. The molecule has 5 nitrogen and oxygen atoms in total. The molecule has 0 spiro atoms. The molecule has 0 aromatic carbocycles. The summed E-state index contributed by atoms with van der Waals surface area (Å²) in [5.41, 5.74) is 0. The zero-order valence-corrected chi connectivity index (χ0v) is 10.4. The average molecular weight is 243 g/mol. The Kier molecular flexibility index (Phi) is 2.95. The van der Waals surface area contributed by atoms with Crippen LogP contribution >= 0.6 is 0 Å². The third-order valence-electron chi connectivity index (χ3n) is 3.63. The van der Waals surface area contributed by atoms with Crippen molar-refractivity contribution >= 4 is 10.0 Å². The van der Waals surface area contributed by atoms with Gasteiger partial charge in [0, 0.05) is 18.6 Å². The van der Waals surface area contributed by atoms with Crippen LogP contribution in [0.15, 0.2) is 0 Å². The van der Waals surface area contributed by atoms with E-state index in [0.717, 1.165) is 13.0 Å². The molecular formula is C10H17N3O2S. The first-order valence-electron chi connectivity index (χ1n) is 5.61. The molecule has 1 N–H and O–H groups in total. The van der Waals surface area contributed by atoms with Gasteiger partial charge in [0.2, 0.25) is 10.0 Å². The van der Waals surface area contributed by atoms with E-state index in [4.69, 9.17) is 5.26 Å². The van der Waals surface area contributed by atoms with Gasteiger partial charge in [-0.25, -0.2) is 8.42 Å². The summed E-state index contributed by atoms with van der Waals surface area (Å²) in [6.07, 6.45) is 0.898. The lowest BCUT2D eigenvalue weighted by Crippen LogP contribution is -2.46. The minimum atomic E-state index is -3.46. The van der Waals surface area contributed by atoms with Gasteiger partial charge in [0.05, 0.1) is 6.07 Å². The summed E-state index contributed by atoms with van der Waals surface area (Å²) >= 11 is 0. The Morgan fingerprint density at radius 1 is 1.50 bits per heavy atom. The number of rotatable bonds is 2. The topological polar surface area (TPSA) is 73.2 Å². The van der Waals surface area contributed by atoms with Gasteiger partial charge in [0.15, 0.2) is 5.25 Å². The zero-order chi connectivity index (χ0) is 11.9. The van der Waals surface area contributed by atoms with Crippen molar-refractivity contribution in [1.29, 1.82) is 5.26 Å². The van der Waals surface area contributed by atoms with Crippen molar-refractivity contribution in [3.05, 3.63) is 0 Å². The van der Waals surface area contributed by atoms with Crippen LogP contribution in [0.3, 0.4) is 0 Å². The standard InChI is InChI=1S/C10H17N3O2S/c1-7-3-9-5-12-6-10(9)13(7)16(14,15)8(2)4-11/h7-10,12H,3,5-6H2,1-2H3. The zero-order valence-electron chi connectivity index (χ0n) is 9.55. The van der Waals surface area contributed by atoms with Crippen LogP contribution in [0.25, 0.3) is 0 Å². The van der Waals surface area contributed by atoms with E-state index in [9.17, 15) is 8.42 Å². The number of fused-ring (bicyclic) bond motifs is 1. The minimum Gasteiger partial charge on any atom is -0.315 e. The van der Waals surface area contributed by atoms with Crippen LogP contribution in [0.1, 0.15) is 20.3 Å². The molecule has 6 heteroatoms. The first kappa shape index (κ1) is 11.8. The fraction of sp³-hybridized carbons (Fsp3) is 0.900. The molecule has 0 saturated carbocycles. The van der Waals surface area contributed by atoms with Crippen LogP contribution < -0.4 is 5.32 Å². The minimum absolute atomic E-state index is 0.0258. The number of nitriles is 1. The molecule has 2 rings (SSSR count). The van der Waals surface area contributed by atoms with Gasteiger partial charge in [0.25, 0.3) is 0 Å². The van der Waals surface area contributed by atoms with Gasteiger partial charge in [-0.3, -0.25) is 0 Å². The highest BCUT2D eigenvalue weighted by molar-refractivity contribution is 7.90. The van der Waals surface area contributed by atoms with E-state index >= 15 is 0 Å². The second-order valence-electron chi connectivity index (χ2n) is 4.72. The Labute approximate surface area is 96.5 Å². The molecule has 2 saturated heterocycles. The Bertz CT molecular complexity index is 414. The Hall–Kier alpha value is -0.640. The molecule has 0 bridgehead atoms. The molecule has 4 unspecified atom stereocenters. The smallest absolute Gasteiger partial charge is 0.230 e. The Morgan fingerprint density at radius 3 is 2.81 bits per heavy atom. The molecule has 0 aliphatic carbocycles. The van der Waals surface area contributed by atoms with E-state index in [1.807, 2.05) is 13.0 Å². The molecule has 2 heterocycles. The average Bonchev–Trinajstić information content (AvgIpc) is 2.74. The highest BCUT2D eigenvalue weighted by Crippen LogP contribution is 2.35. The van der Waals surface area contributed by atoms with E-state index in [-0.39, 0.29) is 12.1 Å².